The first-order valence-corrected chi connectivity index (χ1v) is 11.8. The summed E-state index contributed by atoms with van der Waals surface area (Å²) in [6.07, 6.45) is 8.74. The molecule has 2 atom stereocenters. The van der Waals surface area contributed by atoms with Crippen LogP contribution in [0.25, 0.3) is 0 Å². The maximum atomic E-state index is 13.4. The summed E-state index contributed by atoms with van der Waals surface area (Å²) in [4.78, 5) is 15.6. The zero-order valence-electron chi connectivity index (χ0n) is 16.7. The molecular formula is C23H29BrF2N2O. The largest absolute Gasteiger partial charge is 0.353 e. The molecule has 6 heteroatoms. The Morgan fingerprint density at radius 2 is 1.79 bits per heavy atom. The monoisotopic (exact) mass is 466 g/mol. The van der Waals surface area contributed by atoms with Crippen LogP contribution >= 0.6 is 15.9 Å². The molecule has 1 saturated heterocycles. The Bertz CT molecular complexity index is 794. The van der Waals surface area contributed by atoms with Gasteiger partial charge >= 0.3 is 0 Å². The van der Waals surface area contributed by atoms with E-state index in [-0.39, 0.29) is 21.7 Å². The number of carbonyl (C=O) groups is 1. The van der Waals surface area contributed by atoms with Crippen LogP contribution in [0.15, 0.2) is 18.2 Å². The van der Waals surface area contributed by atoms with E-state index in [1.54, 1.807) is 6.07 Å². The zero-order chi connectivity index (χ0) is 20.2. The van der Waals surface area contributed by atoms with Crippen LogP contribution in [0.3, 0.4) is 0 Å². The van der Waals surface area contributed by atoms with Crippen molar-refractivity contribution in [1.82, 2.24) is 10.2 Å². The van der Waals surface area contributed by atoms with E-state index < -0.39 is 11.6 Å². The normalized spacial score (nSPS) is 37.1. The van der Waals surface area contributed by atoms with Crippen molar-refractivity contribution in [2.45, 2.75) is 68.3 Å². The molecule has 6 rings (SSSR count). The second kappa shape index (κ2) is 7.30. The molecule has 1 aliphatic heterocycles. The quantitative estimate of drug-likeness (QED) is 0.647. The highest BCUT2D eigenvalue weighted by molar-refractivity contribution is 9.10. The van der Waals surface area contributed by atoms with Gasteiger partial charge < -0.3 is 5.32 Å². The highest BCUT2D eigenvalue weighted by Gasteiger charge is 2.59. The van der Waals surface area contributed by atoms with Crippen molar-refractivity contribution in [3.8, 4) is 0 Å². The SMILES string of the molecule is O=C(NC1CCN(Cc2ccc(F)c(F)c2)CC1)C12CC3CC(CC(Br)(C3)C1)C2. The van der Waals surface area contributed by atoms with Gasteiger partial charge in [0.05, 0.1) is 5.41 Å². The topological polar surface area (TPSA) is 32.3 Å². The molecule has 4 saturated carbocycles. The van der Waals surface area contributed by atoms with Crippen molar-refractivity contribution in [3.05, 3.63) is 35.4 Å². The van der Waals surface area contributed by atoms with Gasteiger partial charge in [0.15, 0.2) is 11.6 Å². The van der Waals surface area contributed by atoms with E-state index in [1.807, 2.05) is 0 Å². The lowest BCUT2D eigenvalue weighted by molar-refractivity contribution is -0.145. The maximum Gasteiger partial charge on any atom is 0.226 e. The number of nitrogens with zero attached hydrogens (tertiary/aromatic N) is 1. The number of nitrogens with one attached hydrogen (secondary N) is 1. The van der Waals surface area contributed by atoms with E-state index in [0.29, 0.717) is 18.4 Å². The molecular weight excluding hydrogens is 438 g/mol. The Labute approximate surface area is 179 Å². The van der Waals surface area contributed by atoms with Crippen LogP contribution in [0.1, 0.15) is 56.9 Å². The van der Waals surface area contributed by atoms with Crippen molar-refractivity contribution in [3.63, 3.8) is 0 Å². The maximum absolute atomic E-state index is 13.4. The van der Waals surface area contributed by atoms with Crippen molar-refractivity contribution in [1.29, 1.82) is 0 Å². The predicted octanol–water partition coefficient (Wildman–Crippen LogP) is 4.78. The average molecular weight is 467 g/mol. The van der Waals surface area contributed by atoms with E-state index in [4.69, 9.17) is 0 Å². The average Bonchev–Trinajstić information content (AvgIpc) is 2.64. The number of likely N-dealkylation sites (tertiary alicyclic amines) is 1. The highest BCUT2D eigenvalue weighted by Crippen LogP contribution is 2.64. The van der Waals surface area contributed by atoms with Crippen molar-refractivity contribution in [2.75, 3.05) is 13.1 Å². The summed E-state index contributed by atoms with van der Waals surface area (Å²) < 4.78 is 26.7. The Morgan fingerprint density at radius 1 is 1.10 bits per heavy atom. The van der Waals surface area contributed by atoms with E-state index in [1.165, 1.54) is 31.4 Å². The van der Waals surface area contributed by atoms with Crippen LogP contribution < -0.4 is 5.32 Å². The number of alkyl halides is 1. The van der Waals surface area contributed by atoms with E-state index in [2.05, 4.69) is 26.1 Å². The van der Waals surface area contributed by atoms with Crippen LogP contribution in [0.5, 0.6) is 0 Å². The van der Waals surface area contributed by atoms with Gasteiger partial charge in [0.1, 0.15) is 0 Å². The molecule has 3 nitrogen and oxygen atoms in total. The standard InChI is InChI=1S/C23H29BrF2N2O/c24-23-11-16-7-17(12-23)10-22(9-16,14-23)21(29)27-18-3-5-28(6-4-18)13-15-1-2-19(25)20(26)8-15/h1-2,8,16-18H,3-7,9-14H2,(H,27,29). The first-order valence-electron chi connectivity index (χ1n) is 11.0. The zero-order valence-corrected chi connectivity index (χ0v) is 18.3. The molecule has 1 N–H and O–H groups in total. The number of amides is 1. The van der Waals surface area contributed by atoms with Gasteiger partial charge in [-0.3, -0.25) is 9.69 Å². The van der Waals surface area contributed by atoms with Crippen LogP contribution in [-0.4, -0.2) is 34.3 Å². The number of hydrogen-bond donors (Lipinski definition) is 1. The number of piperidine rings is 1. The fourth-order valence-corrected chi connectivity index (χ4v) is 8.34. The Hall–Kier alpha value is -1.01. The molecule has 0 radical (unpaired) electrons. The van der Waals surface area contributed by atoms with Crippen molar-refractivity contribution >= 4 is 21.8 Å². The molecule has 4 aliphatic carbocycles. The fourth-order valence-electron chi connectivity index (χ4n) is 6.89. The third-order valence-corrected chi connectivity index (χ3v) is 8.71. The molecule has 2 unspecified atom stereocenters. The molecule has 158 valence electrons. The predicted molar refractivity (Wildman–Crippen MR) is 112 cm³/mol. The van der Waals surface area contributed by atoms with Gasteiger partial charge in [0.25, 0.3) is 0 Å². The van der Waals surface area contributed by atoms with Crippen LogP contribution in [0, 0.1) is 28.9 Å². The van der Waals surface area contributed by atoms with Gasteiger partial charge in [-0.25, -0.2) is 8.78 Å². The molecule has 0 spiro atoms. The molecule has 1 amide bonds. The lowest BCUT2D eigenvalue weighted by Crippen LogP contribution is -2.59. The number of hydrogen-bond acceptors (Lipinski definition) is 2. The number of halogens is 3. The van der Waals surface area contributed by atoms with E-state index in [0.717, 1.165) is 50.8 Å². The lowest BCUT2D eigenvalue weighted by Gasteiger charge is -2.59. The molecule has 1 aromatic carbocycles. The molecule has 4 bridgehead atoms. The molecule has 5 aliphatic rings. The molecule has 1 aromatic rings. The molecule has 0 aromatic heterocycles. The third kappa shape index (κ3) is 3.87. The minimum atomic E-state index is -0.801. The second-order valence-electron chi connectivity index (χ2n) is 10.2. The molecule has 5 fully saturated rings. The summed E-state index contributed by atoms with van der Waals surface area (Å²) in [6, 6.07) is 4.35. The number of benzene rings is 1. The first-order chi connectivity index (χ1) is 13.8. The Morgan fingerprint density at radius 3 is 2.41 bits per heavy atom. The van der Waals surface area contributed by atoms with Gasteiger partial charge in [0, 0.05) is 30.0 Å². The van der Waals surface area contributed by atoms with E-state index >= 15 is 0 Å². The van der Waals surface area contributed by atoms with Crippen LogP contribution in [0.4, 0.5) is 8.78 Å². The van der Waals surface area contributed by atoms with Crippen LogP contribution in [-0.2, 0) is 11.3 Å². The van der Waals surface area contributed by atoms with Crippen molar-refractivity contribution < 1.29 is 13.6 Å². The second-order valence-corrected chi connectivity index (χ2v) is 11.8. The fraction of sp³-hybridized carbons (Fsp3) is 0.696. The lowest BCUT2D eigenvalue weighted by atomic mass is 9.49. The van der Waals surface area contributed by atoms with Gasteiger partial charge in [-0.15, -0.1) is 0 Å². The molecule has 1 heterocycles. The smallest absolute Gasteiger partial charge is 0.226 e. The van der Waals surface area contributed by atoms with Crippen molar-refractivity contribution in [2.24, 2.45) is 17.3 Å². The Balaban J connectivity index is 1.16. The third-order valence-electron chi connectivity index (χ3n) is 7.78. The number of carbonyl (C=O) groups excluding carboxylic acids is 1. The summed E-state index contributed by atoms with van der Waals surface area (Å²) in [6.45, 7) is 2.35. The molecule has 29 heavy (non-hydrogen) atoms. The minimum absolute atomic E-state index is 0.156. The summed E-state index contributed by atoms with van der Waals surface area (Å²) >= 11 is 4.00. The summed E-state index contributed by atoms with van der Waals surface area (Å²) in [5, 5.41) is 3.40. The highest BCUT2D eigenvalue weighted by atomic mass is 79.9. The Kier molecular flexibility index (Phi) is 5.01. The summed E-state index contributed by atoms with van der Waals surface area (Å²) in [5.41, 5.74) is 0.638. The van der Waals surface area contributed by atoms with Gasteiger partial charge in [-0.05, 0) is 80.9 Å². The summed E-state index contributed by atoms with van der Waals surface area (Å²) in [5.74, 6) is 0.114. The first kappa shape index (κ1) is 19.9. The van der Waals surface area contributed by atoms with Gasteiger partial charge in [-0.1, -0.05) is 22.0 Å². The van der Waals surface area contributed by atoms with Gasteiger partial charge in [-0.2, -0.15) is 0 Å². The van der Waals surface area contributed by atoms with E-state index in [9.17, 15) is 13.6 Å². The summed E-state index contributed by atoms with van der Waals surface area (Å²) in [7, 11) is 0. The minimum Gasteiger partial charge on any atom is -0.353 e. The number of rotatable bonds is 4. The van der Waals surface area contributed by atoms with Gasteiger partial charge in [0.2, 0.25) is 5.91 Å². The van der Waals surface area contributed by atoms with Crippen LogP contribution in [0.2, 0.25) is 0 Å².